The average molecular weight is 265 g/mol. The SMILES string of the molecule is COc1cc(-c2cc(N)n(C)n2)c(OC)cc1CF. The van der Waals surface area contributed by atoms with Gasteiger partial charge in [-0.1, -0.05) is 0 Å². The highest BCUT2D eigenvalue weighted by Crippen LogP contribution is 2.36. The van der Waals surface area contributed by atoms with Crippen molar-refractivity contribution in [3.8, 4) is 22.8 Å². The third-order valence-corrected chi connectivity index (χ3v) is 2.94. The second kappa shape index (κ2) is 5.17. The van der Waals surface area contributed by atoms with Gasteiger partial charge in [0.25, 0.3) is 0 Å². The maximum Gasteiger partial charge on any atom is 0.128 e. The van der Waals surface area contributed by atoms with Crippen molar-refractivity contribution in [1.29, 1.82) is 0 Å². The van der Waals surface area contributed by atoms with Gasteiger partial charge in [-0.3, -0.25) is 4.68 Å². The maximum atomic E-state index is 12.9. The molecule has 0 aliphatic rings. The largest absolute Gasteiger partial charge is 0.496 e. The van der Waals surface area contributed by atoms with Crippen molar-refractivity contribution in [2.45, 2.75) is 6.67 Å². The van der Waals surface area contributed by atoms with Gasteiger partial charge in [-0.25, -0.2) is 4.39 Å². The van der Waals surface area contributed by atoms with E-state index in [1.807, 2.05) is 0 Å². The molecule has 0 atom stereocenters. The van der Waals surface area contributed by atoms with Gasteiger partial charge in [0.1, 0.15) is 24.0 Å². The highest BCUT2D eigenvalue weighted by Gasteiger charge is 2.15. The summed E-state index contributed by atoms with van der Waals surface area (Å²) in [6.07, 6.45) is 0. The molecule has 2 aromatic rings. The molecular formula is C13H16FN3O2. The lowest BCUT2D eigenvalue weighted by Crippen LogP contribution is -1.97. The standard InChI is InChI=1S/C13H16FN3O2/c1-17-13(15)6-10(16-17)9-5-11(18-2)8(7-14)4-12(9)19-3/h4-6H,7,15H2,1-3H3. The molecule has 0 spiro atoms. The topological polar surface area (TPSA) is 62.3 Å². The normalized spacial score (nSPS) is 10.5. The summed E-state index contributed by atoms with van der Waals surface area (Å²) in [5.41, 5.74) is 7.57. The molecule has 5 nitrogen and oxygen atoms in total. The number of nitrogen functional groups attached to an aromatic ring is 1. The molecular weight excluding hydrogens is 249 g/mol. The molecule has 0 saturated carbocycles. The van der Waals surface area contributed by atoms with Crippen molar-refractivity contribution < 1.29 is 13.9 Å². The van der Waals surface area contributed by atoms with E-state index in [-0.39, 0.29) is 0 Å². The van der Waals surface area contributed by atoms with Gasteiger partial charge < -0.3 is 15.2 Å². The van der Waals surface area contributed by atoms with Gasteiger partial charge in [-0.05, 0) is 12.1 Å². The van der Waals surface area contributed by atoms with Crippen molar-refractivity contribution >= 4 is 5.82 Å². The van der Waals surface area contributed by atoms with Crippen LogP contribution in [-0.2, 0) is 13.7 Å². The number of methoxy groups -OCH3 is 2. The van der Waals surface area contributed by atoms with Crippen LogP contribution in [0.4, 0.5) is 10.2 Å². The zero-order chi connectivity index (χ0) is 14.0. The van der Waals surface area contributed by atoms with Crippen LogP contribution < -0.4 is 15.2 Å². The summed E-state index contributed by atoms with van der Waals surface area (Å²) in [6, 6.07) is 5.04. The number of aryl methyl sites for hydroxylation is 1. The van der Waals surface area contributed by atoms with E-state index < -0.39 is 6.67 Å². The Morgan fingerprint density at radius 2 is 1.89 bits per heavy atom. The van der Waals surface area contributed by atoms with Crippen LogP contribution in [0.25, 0.3) is 11.3 Å². The molecule has 0 bridgehead atoms. The summed E-state index contributed by atoms with van der Waals surface area (Å²) in [5, 5.41) is 4.28. The quantitative estimate of drug-likeness (QED) is 0.920. The maximum absolute atomic E-state index is 12.9. The Labute approximate surface area is 110 Å². The molecule has 1 heterocycles. The van der Waals surface area contributed by atoms with Crippen LogP contribution in [0.2, 0.25) is 0 Å². The fourth-order valence-corrected chi connectivity index (χ4v) is 1.88. The summed E-state index contributed by atoms with van der Waals surface area (Å²) in [5.74, 6) is 1.53. The number of nitrogens with zero attached hydrogens (tertiary/aromatic N) is 2. The molecule has 102 valence electrons. The number of hydrogen-bond donors (Lipinski definition) is 1. The van der Waals surface area contributed by atoms with Gasteiger partial charge >= 0.3 is 0 Å². The minimum Gasteiger partial charge on any atom is -0.496 e. The summed E-state index contributed by atoms with van der Waals surface area (Å²) in [6.45, 7) is -0.621. The molecule has 0 unspecified atom stereocenters. The zero-order valence-corrected chi connectivity index (χ0v) is 11.1. The Bertz CT molecular complexity index is 576. The fraction of sp³-hybridized carbons (Fsp3) is 0.308. The van der Waals surface area contributed by atoms with Crippen LogP contribution in [0.5, 0.6) is 11.5 Å². The van der Waals surface area contributed by atoms with E-state index in [1.54, 1.807) is 29.9 Å². The molecule has 0 fully saturated rings. The lowest BCUT2D eigenvalue weighted by atomic mass is 10.1. The summed E-state index contributed by atoms with van der Waals surface area (Å²) in [7, 11) is 4.77. The predicted octanol–water partition coefficient (Wildman–Crippen LogP) is 2.16. The monoisotopic (exact) mass is 265 g/mol. The molecule has 2 N–H and O–H groups in total. The first-order chi connectivity index (χ1) is 9.10. The highest BCUT2D eigenvalue weighted by atomic mass is 19.1. The third-order valence-electron chi connectivity index (χ3n) is 2.94. The molecule has 1 aromatic heterocycles. The first-order valence-electron chi connectivity index (χ1n) is 5.71. The van der Waals surface area contributed by atoms with Crippen molar-refractivity contribution in [3.63, 3.8) is 0 Å². The van der Waals surface area contributed by atoms with Gasteiger partial charge in [0.15, 0.2) is 0 Å². The minimum atomic E-state index is -0.621. The summed E-state index contributed by atoms with van der Waals surface area (Å²) >= 11 is 0. The minimum absolute atomic E-state index is 0.437. The average Bonchev–Trinajstić information content (AvgIpc) is 2.76. The molecule has 0 saturated heterocycles. The van der Waals surface area contributed by atoms with E-state index in [2.05, 4.69) is 5.10 Å². The van der Waals surface area contributed by atoms with Gasteiger partial charge in [-0.15, -0.1) is 0 Å². The Kier molecular flexibility index (Phi) is 3.59. The highest BCUT2D eigenvalue weighted by molar-refractivity contribution is 5.72. The van der Waals surface area contributed by atoms with Gasteiger partial charge in [0, 0.05) is 24.2 Å². The van der Waals surface area contributed by atoms with Crippen LogP contribution in [0.1, 0.15) is 5.56 Å². The van der Waals surface area contributed by atoms with E-state index in [1.165, 1.54) is 14.2 Å². The Morgan fingerprint density at radius 3 is 2.37 bits per heavy atom. The first kappa shape index (κ1) is 13.2. The lowest BCUT2D eigenvalue weighted by molar-refractivity contribution is 0.386. The molecule has 0 amide bonds. The predicted molar refractivity (Wildman–Crippen MR) is 71.0 cm³/mol. The lowest BCUT2D eigenvalue weighted by Gasteiger charge is -2.12. The molecule has 6 heteroatoms. The van der Waals surface area contributed by atoms with E-state index in [0.717, 1.165) is 0 Å². The molecule has 0 radical (unpaired) electrons. The van der Waals surface area contributed by atoms with Crippen LogP contribution >= 0.6 is 0 Å². The smallest absolute Gasteiger partial charge is 0.128 e. The van der Waals surface area contributed by atoms with E-state index in [0.29, 0.717) is 34.1 Å². The number of aromatic nitrogens is 2. The second-order valence-electron chi connectivity index (χ2n) is 4.08. The first-order valence-corrected chi connectivity index (χ1v) is 5.71. The Balaban J connectivity index is 2.61. The zero-order valence-electron chi connectivity index (χ0n) is 11.1. The van der Waals surface area contributed by atoms with E-state index in [4.69, 9.17) is 15.2 Å². The van der Waals surface area contributed by atoms with Crippen LogP contribution in [-0.4, -0.2) is 24.0 Å². The van der Waals surface area contributed by atoms with E-state index >= 15 is 0 Å². The van der Waals surface area contributed by atoms with Gasteiger partial charge in [0.05, 0.1) is 19.9 Å². The number of hydrogen-bond acceptors (Lipinski definition) is 4. The van der Waals surface area contributed by atoms with Crippen molar-refractivity contribution in [2.24, 2.45) is 7.05 Å². The number of nitrogens with two attached hydrogens (primary N) is 1. The van der Waals surface area contributed by atoms with Crippen molar-refractivity contribution in [3.05, 3.63) is 23.8 Å². The van der Waals surface area contributed by atoms with Crippen LogP contribution in [0.3, 0.4) is 0 Å². The molecule has 0 aliphatic heterocycles. The molecule has 1 aromatic carbocycles. The van der Waals surface area contributed by atoms with E-state index in [9.17, 15) is 4.39 Å². The second-order valence-corrected chi connectivity index (χ2v) is 4.08. The molecule has 19 heavy (non-hydrogen) atoms. The molecule has 2 rings (SSSR count). The van der Waals surface area contributed by atoms with Gasteiger partial charge in [0.2, 0.25) is 0 Å². The van der Waals surface area contributed by atoms with Gasteiger partial charge in [-0.2, -0.15) is 5.10 Å². The number of alkyl halides is 1. The van der Waals surface area contributed by atoms with Crippen LogP contribution in [0, 0.1) is 0 Å². The Morgan fingerprint density at radius 1 is 1.21 bits per heavy atom. The van der Waals surface area contributed by atoms with Crippen molar-refractivity contribution in [1.82, 2.24) is 9.78 Å². The fourth-order valence-electron chi connectivity index (χ4n) is 1.88. The number of ether oxygens (including phenoxy) is 2. The summed E-state index contributed by atoms with van der Waals surface area (Å²) in [4.78, 5) is 0. The number of benzene rings is 1. The number of rotatable bonds is 4. The molecule has 0 aliphatic carbocycles. The number of anilines is 1. The summed E-state index contributed by atoms with van der Waals surface area (Å²) < 4.78 is 24.9. The Hall–Kier alpha value is -2.24. The number of halogens is 1. The van der Waals surface area contributed by atoms with Crippen molar-refractivity contribution in [2.75, 3.05) is 20.0 Å². The van der Waals surface area contributed by atoms with Crippen LogP contribution in [0.15, 0.2) is 18.2 Å². The third kappa shape index (κ3) is 2.33.